The van der Waals surface area contributed by atoms with E-state index in [2.05, 4.69) is 159 Å². The lowest BCUT2D eigenvalue weighted by Crippen LogP contribution is -2.26. The first-order valence-corrected chi connectivity index (χ1v) is 17.1. The molecule has 0 saturated heterocycles. The van der Waals surface area contributed by atoms with Gasteiger partial charge in [-0.05, 0) is 116 Å². The van der Waals surface area contributed by atoms with Gasteiger partial charge < -0.3 is 0 Å². The molecule has 0 N–H and O–H groups in total. The first-order chi connectivity index (χ1) is 24.3. The summed E-state index contributed by atoms with van der Waals surface area (Å²) in [5.74, 6) is 0. The fourth-order valence-corrected chi connectivity index (χ4v) is 9.82. The van der Waals surface area contributed by atoms with Crippen LogP contribution in [0.15, 0.2) is 171 Å². The molecule has 3 aliphatic rings. The molecule has 0 radical (unpaired) electrons. The van der Waals surface area contributed by atoms with Gasteiger partial charge >= 0.3 is 0 Å². The van der Waals surface area contributed by atoms with Crippen LogP contribution >= 0.6 is 0 Å². The van der Waals surface area contributed by atoms with Crippen molar-refractivity contribution in [2.75, 3.05) is 0 Å². The van der Waals surface area contributed by atoms with Crippen LogP contribution in [0.1, 0.15) is 33.4 Å². The van der Waals surface area contributed by atoms with Crippen molar-refractivity contribution < 1.29 is 0 Å². The second-order valence-electron chi connectivity index (χ2n) is 13.6. The van der Waals surface area contributed by atoms with Crippen LogP contribution in [-0.2, 0) is 5.41 Å². The van der Waals surface area contributed by atoms with Crippen molar-refractivity contribution in [3.05, 3.63) is 204 Å². The summed E-state index contributed by atoms with van der Waals surface area (Å²) in [6.45, 7) is 8.37. The maximum Gasteiger partial charge on any atom is 0.0731 e. The second kappa shape index (κ2) is 9.43. The van der Waals surface area contributed by atoms with E-state index in [9.17, 15) is 0 Å². The first kappa shape index (κ1) is 26.8. The van der Waals surface area contributed by atoms with E-state index in [1.54, 1.807) is 0 Å². The molecule has 1 spiro atoms. The van der Waals surface area contributed by atoms with Gasteiger partial charge in [-0.3, -0.25) is 0 Å². The van der Waals surface area contributed by atoms with Gasteiger partial charge in [-0.1, -0.05) is 165 Å². The summed E-state index contributed by atoms with van der Waals surface area (Å²) in [6, 6.07) is 54.9. The fraction of sp³-hybridized carbons (Fsp3) is 0.0204. The van der Waals surface area contributed by atoms with E-state index in [4.69, 9.17) is 0 Å². The van der Waals surface area contributed by atoms with Crippen molar-refractivity contribution >= 4 is 43.5 Å². The van der Waals surface area contributed by atoms with Crippen LogP contribution in [0.2, 0.25) is 0 Å². The quantitative estimate of drug-likeness (QED) is 0.185. The Bertz CT molecular complexity index is 2790. The molecule has 3 aliphatic carbocycles. The molecule has 49 heavy (non-hydrogen) atoms. The van der Waals surface area contributed by atoms with E-state index >= 15 is 0 Å². The Morgan fingerprint density at radius 1 is 0.388 bits per heavy atom. The molecule has 0 unspecified atom stereocenters. The van der Waals surface area contributed by atoms with Crippen LogP contribution in [0.3, 0.4) is 0 Å². The molecule has 0 saturated carbocycles. The maximum atomic E-state index is 4.18. The van der Waals surface area contributed by atoms with E-state index in [1.165, 1.54) is 99.1 Å². The molecule has 0 heterocycles. The highest BCUT2D eigenvalue weighted by Crippen LogP contribution is 2.65. The van der Waals surface area contributed by atoms with E-state index in [0.29, 0.717) is 0 Å². The second-order valence-corrected chi connectivity index (χ2v) is 13.6. The van der Waals surface area contributed by atoms with Crippen LogP contribution in [0, 0.1) is 0 Å². The van der Waals surface area contributed by atoms with E-state index in [-0.39, 0.29) is 0 Å². The van der Waals surface area contributed by atoms with Gasteiger partial charge in [0.1, 0.15) is 0 Å². The van der Waals surface area contributed by atoms with Gasteiger partial charge in [-0.2, -0.15) is 0 Å². The van der Waals surface area contributed by atoms with Crippen molar-refractivity contribution in [2.24, 2.45) is 0 Å². The topological polar surface area (TPSA) is 0 Å². The molecule has 0 aromatic heterocycles. The van der Waals surface area contributed by atoms with Crippen LogP contribution in [0.5, 0.6) is 0 Å². The molecule has 0 atom stereocenters. The molecule has 0 aliphatic heterocycles. The molecule has 0 heteroatoms. The molecular weight excluding hydrogens is 589 g/mol. The van der Waals surface area contributed by atoms with Crippen molar-refractivity contribution in [1.29, 1.82) is 0 Å². The Morgan fingerprint density at radius 2 is 0.939 bits per heavy atom. The molecule has 8 aromatic carbocycles. The number of rotatable bonds is 3. The van der Waals surface area contributed by atoms with Gasteiger partial charge in [0.25, 0.3) is 0 Å². The van der Waals surface area contributed by atoms with Gasteiger partial charge in [0.2, 0.25) is 0 Å². The Hall–Kier alpha value is -6.24. The SMILES string of the molecule is C=CC1=C(C=C)c2ccc(-c3cc4c(c5ccccc35)-c3ccc5ccccc5c3C43c4ccccc4-c4ccccc43)c3cccc1c23. The zero-order valence-electron chi connectivity index (χ0n) is 26.9. The highest BCUT2D eigenvalue weighted by atomic mass is 14.5. The zero-order valence-corrected chi connectivity index (χ0v) is 26.9. The number of fused-ring (bicyclic) bond motifs is 14. The Balaban J connectivity index is 1.34. The summed E-state index contributed by atoms with van der Waals surface area (Å²) >= 11 is 0. The normalized spacial score (nSPS) is 14.4. The summed E-state index contributed by atoms with van der Waals surface area (Å²) in [5, 5.41) is 7.71. The van der Waals surface area contributed by atoms with E-state index in [1.807, 2.05) is 12.2 Å². The first-order valence-electron chi connectivity index (χ1n) is 17.1. The summed E-state index contributed by atoms with van der Waals surface area (Å²) in [7, 11) is 0. The summed E-state index contributed by atoms with van der Waals surface area (Å²) in [4.78, 5) is 0. The average Bonchev–Trinajstić information content (AvgIpc) is 3.76. The van der Waals surface area contributed by atoms with Crippen molar-refractivity contribution in [3.8, 4) is 33.4 Å². The van der Waals surface area contributed by atoms with Gasteiger partial charge in [-0.25, -0.2) is 0 Å². The molecule has 226 valence electrons. The van der Waals surface area contributed by atoms with Gasteiger partial charge in [0.15, 0.2) is 0 Å². The Labute approximate surface area is 285 Å². The minimum atomic E-state index is -0.458. The van der Waals surface area contributed by atoms with Gasteiger partial charge in [-0.15, -0.1) is 0 Å². The fourth-order valence-electron chi connectivity index (χ4n) is 9.82. The predicted octanol–water partition coefficient (Wildman–Crippen LogP) is 12.8. The van der Waals surface area contributed by atoms with E-state index < -0.39 is 5.41 Å². The smallest absolute Gasteiger partial charge is 0.0731 e. The molecule has 0 fully saturated rings. The molecule has 0 nitrogen and oxygen atoms in total. The van der Waals surface area contributed by atoms with Gasteiger partial charge in [0, 0.05) is 0 Å². The predicted molar refractivity (Wildman–Crippen MR) is 208 cm³/mol. The van der Waals surface area contributed by atoms with Gasteiger partial charge in [0.05, 0.1) is 5.41 Å². The molecule has 0 amide bonds. The average molecular weight is 619 g/mol. The minimum Gasteiger partial charge on any atom is -0.0984 e. The number of benzene rings is 8. The lowest BCUT2D eigenvalue weighted by molar-refractivity contribution is 0.802. The van der Waals surface area contributed by atoms with Crippen molar-refractivity contribution in [3.63, 3.8) is 0 Å². The molecule has 11 rings (SSSR count). The number of hydrogen-bond acceptors (Lipinski definition) is 0. The largest absolute Gasteiger partial charge is 0.0984 e. The monoisotopic (exact) mass is 618 g/mol. The van der Waals surface area contributed by atoms with Crippen LogP contribution in [-0.4, -0.2) is 0 Å². The molecule has 8 aromatic rings. The highest BCUT2D eigenvalue weighted by molar-refractivity contribution is 6.22. The third-order valence-electron chi connectivity index (χ3n) is 11.6. The summed E-state index contributed by atoms with van der Waals surface area (Å²) in [5.41, 5.74) is 17.7. The Morgan fingerprint density at radius 3 is 1.67 bits per heavy atom. The minimum absolute atomic E-state index is 0.458. The van der Waals surface area contributed by atoms with Crippen molar-refractivity contribution in [1.82, 2.24) is 0 Å². The van der Waals surface area contributed by atoms with E-state index in [0.717, 1.165) is 11.1 Å². The van der Waals surface area contributed by atoms with Crippen LogP contribution in [0.4, 0.5) is 0 Å². The standard InChI is InChI=1S/C49H30/c1-3-30-31(4-2)40-27-26-34(38-21-13-20-37(30)46(38)40)42-28-45-47(39-19-8-7-16-33(39)42)41-25-24-29-14-5-6-15-32(29)48(41)49(45)43-22-11-9-17-35(43)36-18-10-12-23-44(36)49/h3-28H,1-2H2. The Kier molecular flexibility index (Phi) is 5.16. The lowest BCUT2D eigenvalue weighted by atomic mass is 9.69. The lowest BCUT2D eigenvalue weighted by Gasteiger charge is -2.32. The van der Waals surface area contributed by atoms with Crippen LogP contribution in [0.25, 0.3) is 76.8 Å². The third kappa shape index (κ3) is 3.11. The maximum absolute atomic E-state index is 4.18. The zero-order chi connectivity index (χ0) is 32.4. The summed E-state index contributed by atoms with van der Waals surface area (Å²) < 4.78 is 0. The van der Waals surface area contributed by atoms with Crippen molar-refractivity contribution in [2.45, 2.75) is 5.41 Å². The highest BCUT2D eigenvalue weighted by Gasteiger charge is 2.53. The molecule has 0 bridgehead atoms. The summed E-state index contributed by atoms with van der Waals surface area (Å²) in [6.07, 6.45) is 3.97. The number of allylic oxidation sites excluding steroid dienone is 4. The number of hydrogen-bond donors (Lipinski definition) is 0. The third-order valence-corrected chi connectivity index (χ3v) is 11.6. The molecular formula is C49H30. The van der Waals surface area contributed by atoms with Crippen LogP contribution < -0.4 is 0 Å².